The molecule has 0 saturated heterocycles. The summed E-state index contributed by atoms with van der Waals surface area (Å²) in [6.07, 6.45) is 0. The summed E-state index contributed by atoms with van der Waals surface area (Å²) in [6, 6.07) is 34.2. The van der Waals surface area contributed by atoms with Gasteiger partial charge in [0.25, 0.3) is 0 Å². The molecule has 0 radical (unpaired) electrons. The van der Waals surface area contributed by atoms with Gasteiger partial charge in [0.1, 0.15) is 0 Å². The Morgan fingerprint density at radius 1 is 0.448 bits per heavy atom. The van der Waals surface area contributed by atoms with Crippen molar-refractivity contribution >= 4 is 21.5 Å². The van der Waals surface area contributed by atoms with E-state index in [0.29, 0.717) is 0 Å². The molecule has 0 aromatic heterocycles. The molecule has 2 nitrogen and oxygen atoms in total. The Morgan fingerprint density at radius 2 is 1.00 bits per heavy atom. The van der Waals surface area contributed by atoms with Gasteiger partial charge in [0, 0.05) is 0 Å². The van der Waals surface area contributed by atoms with E-state index in [4.69, 9.17) is 9.47 Å². The monoisotopic (exact) mass is 374 g/mol. The summed E-state index contributed by atoms with van der Waals surface area (Å²) in [5, 5.41) is 5.02. The number of benzene rings is 5. The summed E-state index contributed by atoms with van der Waals surface area (Å²) in [5.74, 6) is 1.61. The Kier molecular flexibility index (Phi) is 3.57. The molecule has 5 aromatic carbocycles. The fourth-order valence-corrected chi connectivity index (χ4v) is 4.40. The summed E-state index contributed by atoms with van der Waals surface area (Å²) in [6.45, 7) is 0.281. The maximum atomic E-state index is 5.68. The zero-order valence-electron chi connectivity index (χ0n) is 15.8. The fraction of sp³-hybridized carbons (Fsp3) is 0.0370. The molecule has 1 aliphatic rings. The Hall–Kier alpha value is -3.78. The van der Waals surface area contributed by atoms with Gasteiger partial charge in [-0.15, -0.1) is 0 Å². The lowest BCUT2D eigenvalue weighted by atomic mass is 9.85. The van der Waals surface area contributed by atoms with Crippen LogP contribution in [0.3, 0.4) is 0 Å². The predicted molar refractivity (Wildman–Crippen MR) is 118 cm³/mol. The standard InChI is InChI=1S/C27H18O2/c1-2-8-18(9-3-1)26-22-12-6-4-10-20(22)21-11-5-7-13-23(21)27(26)19-14-15-24-25(16-19)29-17-28-24/h1-16H,17H2. The van der Waals surface area contributed by atoms with Crippen molar-refractivity contribution in [1.82, 2.24) is 0 Å². The van der Waals surface area contributed by atoms with Crippen molar-refractivity contribution in [3.05, 3.63) is 97.1 Å². The smallest absolute Gasteiger partial charge is 0.231 e. The Labute approximate surface area is 168 Å². The number of hydrogen-bond acceptors (Lipinski definition) is 2. The SMILES string of the molecule is c1ccc(-c2c(-c3ccc4c(c3)OCO4)c3ccccc3c3ccccc23)cc1. The topological polar surface area (TPSA) is 18.5 Å². The molecule has 0 spiro atoms. The molecule has 0 saturated carbocycles. The summed E-state index contributed by atoms with van der Waals surface area (Å²) in [4.78, 5) is 0. The number of rotatable bonds is 2. The van der Waals surface area contributed by atoms with E-state index in [-0.39, 0.29) is 6.79 Å². The first-order chi connectivity index (χ1) is 14.4. The molecule has 0 aliphatic carbocycles. The molecule has 0 N–H and O–H groups in total. The van der Waals surface area contributed by atoms with Crippen LogP contribution >= 0.6 is 0 Å². The van der Waals surface area contributed by atoms with E-state index in [1.165, 1.54) is 38.2 Å². The van der Waals surface area contributed by atoms with Gasteiger partial charge in [-0.3, -0.25) is 0 Å². The molecule has 5 aromatic rings. The molecular formula is C27H18O2. The number of ether oxygens (including phenoxy) is 2. The first-order valence-electron chi connectivity index (χ1n) is 9.79. The van der Waals surface area contributed by atoms with Gasteiger partial charge in [-0.1, -0.05) is 84.9 Å². The van der Waals surface area contributed by atoms with E-state index in [1.807, 2.05) is 6.07 Å². The van der Waals surface area contributed by atoms with E-state index in [0.717, 1.165) is 17.1 Å². The van der Waals surface area contributed by atoms with Gasteiger partial charge < -0.3 is 9.47 Å². The normalized spacial score (nSPS) is 12.6. The van der Waals surface area contributed by atoms with Crippen molar-refractivity contribution in [1.29, 1.82) is 0 Å². The average molecular weight is 374 g/mol. The average Bonchev–Trinajstić information content (AvgIpc) is 3.27. The Bertz CT molecular complexity index is 1370. The minimum Gasteiger partial charge on any atom is -0.454 e. The summed E-state index contributed by atoms with van der Waals surface area (Å²) < 4.78 is 11.2. The van der Waals surface area contributed by atoms with Crippen LogP contribution < -0.4 is 9.47 Å². The highest BCUT2D eigenvalue weighted by Crippen LogP contribution is 2.46. The van der Waals surface area contributed by atoms with Crippen molar-refractivity contribution < 1.29 is 9.47 Å². The highest BCUT2D eigenvalue weighted by atomic mass is 16.7. The Morgan fingerprint density at radius 3 is 1.69 bits per heavy atom. The van der Waals surface area contributed by atoms with Crippen LogP contribution in [-0.2, 0) is 0 Å². The molecule has 6 rings (SSSR count). The van der Waals surface area contributed by atoms with E-state index < -0.39 is 0 Å². The maximum Gasteiger partial charge on any atom is 0.231 e. The first-order valence-corrected chi connectivity index (χ1v) is 9.79. The van der Waals surface area contributed by atoms with Crippen LogP contribution in [0.15, 0.2) is 97.1 Å². The molecule has 29 heavy (non-hydrogen) atoms. The van der Waals surface area contributed by atoms with E-state index in [9.17, 15) is 0 Å². The summed E-state index contributed by atoms with van der Waals surface area (Å²) in [7, 11) is 0. The fourth-order valence-electron chi connectivity index (χ4n) is 4.40. The van der Waals surface area contributed by atoms with Gasteiger partial charge >= 0.3 is 0 Å². The van der Waals surface area contributed by atoms with Crippen molar-refractivity contribution in [2.45, 2.75) is 0 Å². The van der Waals surface area contributed by atoms with Crippen molar-refractivity contribution in [2.75, 3.05) is 6.79 Å². The van der Waals surface area contributed by atoms with E-state index in [1.54, 1.807) is 0 Å². The quantitative estimate of drug-likeness (QED) is 0.308. The lowest BCUT2D eigenvalue weighted by Crippen LogP contribution is -1.93. The Balaban J connectivity index is 1.81. The minimum absolute atomic E-state index is 0.281. The molecular weight excluding hydrogens is 356 g/mol. The molecule has 1 aliphatic heterocycles. The zero-order valence-corrected chi connectivity index (χ0v) is 15.8. The maximum absolute atomic E-state index is 5.68. The van der Waals surface area contributed by atoms with Crippen LogP contribution in [0.25, 0.3) is 43.8 Å². The van der Waals surface area contributed by atoms with Crippen LogP contribution in [0.5, 0.6) is 11.5 Å². The van der Waals surface area contributed by atoms with Crippen LogP contribution in [0.4, 0.5) is 0 Å². The second kappa shape index (κ2) is 6.39. The third-order valence-corrected chi connectivity index (χ3v) is 5.66. The highest BCUT2D eigenvalue weighted by Gasteiger charge is 2.20. The molecule has 0 bridgehead atoms. The van der Waals surface area contributed by atoms with Crippen LogP contribution in [0.1, 0.15) is 0 Å². The number of hydrogen-bond donors (Lipinski definition) is 0. The van der Waals surface area contributed by atoms with Gasteiger partial charge in [0.05, 0.1) is 0 Å². The van der Waals surface area contributed by atoms with Crippen molar-refractivity contribution in [3.63, 3.8) is 0 Å². The highest BCUT2D eigenvalue weighted by molar-refractivity contribution is 6.21. The van der Waals surface area contributed by atoms with Gasteiger partial charge in [0.2, 0.25) is 6.79 Å². The summed E-state index contributed by atoms with van der Waals surface area (Å²) >= 11 is 0. The van der Waals surface area contributed by atoms with E-state index in [2.05, 4.69) is 91.0 Å². The third kappa shape index (κ3) is 2.50. The molecule has 2 heteroatoms. The largest absolute Gasteiger partial charge is 0.454 e. The third-order valence-electron chi connectivity index (χ3n) is 5.66. The predicted octanol–water partition coefficient (Wildman–Crippen LogP) is 7.06. The van der Waals surface area contributed by atoms with Gasteiger partial charge in [-0.2, -0.15) is 0 Å². The second-order valence-corrected chi connectivity index (χ2v) is 7.28. The second-order valence-electron chi connectivity index (χ2n) is 7.28. The van der Waals surface area contributed by atoms with Crippen LogP contribution in [0.2, 0.25) is 0 Å². The van der Waals surface area contributed by atoms with Crippen molar-refractivity contribution in [3.8, 4) is 33.8 Å². The molecule has 0 atom stereocenters. The molecule has 0 fully saturated rings. The lowest BCUT2D eigenvalue weighted by molar-refractivity contribution is 0.174. The minimum atomic E-state index is 0.281. The molecule has 1 heterocycles. The zero-order chi connectivity index (χ0) is 19.2. The molecule has 0 unspecified atom stereocenters. The van der Waals surface area contributed by atoms with Gasteiger partial charge in [-0.05, 0) is 55.9 Å². The van der Waals surface area contributed by atoms with Crippen LogP contribution in [-0.4, -0.2) is 6.79 Å². The summed E-state index contributed by atoms with van der Waals surface area (Å²) in [5.41, 5.74) is 4.82. The molecule has 138 valence electrons. The molecule has 0 amide bonds. The van der Waals surface area contributed by atoms with Gasteiger partial charge in [0.15, 0.2) is 11.5 Å². The van der Waals surface area contributed by atoms with Gasteiger partial charge in [-0.25, -0.2) is 0 Å². The first kappa shape index (κ1) is 16.2. The van der Waals surface area contributed by atoms with Crippen molar-refractivity contribution in [2.24, 2.45) is 0 Å². The lowest BCUT2D eigenvalue weighted by Gasteiger charge is -2.18. The number of fused-ring (bicyclic) bond motifs is 4. The van der Waals surface area contributed by atoms with Crippen LogP contribution in [0, 0.1) is 0 Å². The van der Waals surface area contributed by atoms with E-state index >= 15 is 0 Å².